The standard InChI is InChI=1S/C23H22Cl2N4O2/c1-2-5-19(21-26-18-9-7-15(24)13-20(18)27-21)28-22(30)14-6-8-16(17(25)12-14)23(31)29-10-3-4-11-29/h3-4,6-9,12-13,19H,2,5,10-11H2,1H3,(H,26,27)(H,28,30)/t19-/m0/s1. The molecule has 0 bridgehead atoms. The van der Waals surface area contributed by atoms with Gasteiger partial charge in [0.15, 0.2) is 0 Å². The van der Waals surface area contributed by atoms with Crippen molar-refractivity contribution in [3.63, 3.8) is 0 Å². The zero-order valence-corrected chi connectivity index (χ0v) is 18.5. The minimum absolute atomic E-state index is 0.147. The van der Waals surface area contributed by atoms with E-state index in [-0.39, 0.29) is 22.9 Å². The van der Waals surface area contributed by atoms with Crippen molar-refractivity contribution in [3.05, 3.63) is 75.5 Å². The summed E-state index contributed by atoms with van der Waals surface area (Å²) in [5.41, 5.74) is 2.39. The summed E-state index contributed by atoms with van der Waals surface area (Å²) in [7, 11) is 0. The number of amides is 2. The van der Waals surface area contributed by atoms with E-state index in [0.717, 1.165) is 17.5 Å². The molecule has 2 aromatic carbocycles. The van der Waals surface area contributed by atoms with Crippen molar-refractivity contribution in [1.29, 1.82) is 0 Å². The molecule has 2 amide bonds. The van der Waals surface area contributed by atoms with Gasteiger partial charge in [-0.1, -0.05) is 48.7 Å². The van der Waals surface area contributed by atoms with Gasteiger partial charge in [0.2, 0.25) is 0 Å². The highest BCUT2D eigenvalue weighted by Crippen LogP contribution is 2.24. The number of halogens is 2. The van der Waals surface area contributed by atoms with E-state index in [9.17, 15) is 9.59 Å². The van der Waals surface area contributed by atoms with E-state index in [4.69, 9.17) is 23.2 Å². The molecule has 0 fully saturated rings. The second-order valence-corrected chi connectivity index (χ2v) is 8.32. The zero-order chi connectivity index (χ0) is 22.0. The summed E-state index contributed by atoms with van der Waals surface area (Å²) in [6.45, 7) is 3.18. The van der Waals surface area contributed by atoms with Gasteiger partial charge in [0.05, 0.1) is 27.7 Å². The van der Waals surface area contributed by atoms with Crippen LogP contribution in [0.4, 0.5) is 0 Å². The number of hydrogen-bond donors (Lipinski definition) is 2. The van der Waals surface area contributed by atoms with Gasteiger partial charge in [0, 0.05) is 23.7 Å². The third-order valence-electron chi connectivity index (χ3n) is 5.24. The van der Waals surface area contributed by atoms with Crippen LogP contribution >= 0.6 is 23.2 Å². The highest BCUT2D eigenvalue weighted by molar-refractivity contribution is 6.34. The monoisotopic (exact) mass is 456 g/mol. The molecule has 0 saturated carbocycles. The van der Waals surface area contributed by atoms with Gasteiger partial charge < -0.3 is 15.2 Å². The number of benzene rings is 2. The minimum atomic E-state index is -0.292. The van der Waals surface area contributed by atoms with E-state index < -0.39 is 0 Å². The fraction of sp³-hybridized carbons (Fsp3) is 0.261. The largest absolute Gasteiger partial charge is 0.342 e. The number of fused-ring (bicyclic) bond motifs is 1. The van der Waals surface area contributed by atoms with E-state index >= 15 is 0 Å². The molecule has 1 aliphatic heterocycles. The van der Waals surface area contributed by atoms with Gasteiger partial charge in [0.1, 0.15) is 5.82 Å². The topological polar surface area (TPSA) is 78.1 Å². The van der Waals surface area contributed by atoms with Crippen LogP contribution in [0.1, 0.15) is 52.3 Å². The van der Waals surface area contributed by atoms with Crippen LogP contribution in [0, 0.1) is 0 Å². The van der Waals surface area contributed by atoms with Crippen LogP contribution in [-0.4, -0.2) is 39.8 Å². The van der Waals surface area contributed by atoms with Gasteiger partial charge in [-0.3, -0.25) is 9.59 Å². The molecule has 8 heteroatoms. The van der Waals surface area contributed by atoms with Crippen molar-refractivity contribution in [2.45, 2.75) is 25.8 Å². The number of rotatable bonds is 6. The number of nitrogens with zero attached hydrogens (tertiary/aromatic N) is 2. The molecule has 1 aromatic heterocycles. The minimum Gasteiger partial charge on any atom is -0.342 e. The maximum absolute atomic E-state index is 12.9. The fourth-order valence-electron chi connectivity index (χ4n) is 3.62. The van der Waals surface area contributed by atoms with Gasteiger partial charge in [-0.25, -0.2) is 4.98 Å². The first kappa shape index (κ1) is 21.4. The van der Waals surface area contributed by atoms with E-state index in [0.29, 0.717) is 41.5 Å². The third kappa shape index (κ3) is 4.60. The summed E-state index contributed by atoms with van der Waals surface area (Å²) in [4.78, 5) is 35.1. The normalized spacial score (nSPS) is 14.2. The fourth-order valence-corrected chi connectivity index (χ4v) is 4.04. The first-order valence-electron chi connectivity index (χ1n) is 10.2. The average Bonchev–Trinajstić information content (AvgIpc) is 3.42. The molecule has 6 nitrogen and oxygen atoms in total. The number of imidazole rings is 1. The van der Waals surface area contributed by atoms with Crippen molar-refractivity contribution < 1.29 is 9.59 Å². The number of hydrogen-bond acceptors (Lipinski definition) is 3. The van der Waals surface area contributed by atoms with Crippen LogP contribution in [0.5, 0.6) is 0 Å². The molecule has 2 N–H and O–H groups in total. The number of aromatic amines is 1. The Hall–Kier alpha value is -2.83. The molecule has 31 heavy (non-hydrogen) atoms. The Morgan fingerprint density at radius 2 is 1.94 bits per heavy atom. The molecule has 1 aliphatic rings. The molecular formula is C23H22Cl2N4O2. The van der Waals surface area contributed by atoms with Crippen LogP contribution in [0.25, 0.3) is 11.0 Å². The molecule has 2 heterocycles. The number of nitrogens with one attached hydrogen (secondary N) is 2. The molecule has 0 spiro atoms. The Balaban J connectivity index is 1.53. The van der Waals surface area contributed by atoms with Gasteiger partial charge in [-0.2, -0.15) is 0 Å². The summed E-state index contributed by atoms with van der Waals surface area (Å²) in [6, 6.07) is 9.92. The quantitative estimate of drug-likeness (QED) is 0.503. The van der Waals surface area contributed by atoms with Crippen molar-refractivity contribution in [2.75, 3.05) is 13.1 Å². The lowest BCUT2D eigenvalue weighted by atomic mass is 10.1. The summed E-state index contributed by atoms with van der Waals surface area (Å²) in [5.74, 6) is 0.249. The summed E-state index contributed by atoms with van der Waals surface area (Å²) in [6.07, 6.45) is 5.45. The Bertz CT molecular complexity index is 1160. The smallest absolute Gasteiger partial charge is 0.255 e. The van der Waals surface area contributed by atoms with Crippen LogP contribution in [0.2, 0.25) is 10.0 Å². The van der Waals surface area contributed by atoms with Gasteiger partial charge in [-0.15, -0.1) is 0 Å². The lowest BCUT2D eigenvalue weighted by Crippen LogP contribution is -2.30. The second kappa shape index (κ2) is 9.12. The summed E-state index contributed by atoms with van der Waals surface area (Å²) in [5, 5.41) is 3.89. The van der Waals surface area contributed by atoms with Crippen molar-refractivity contribution >= 4 is 46.0 Å². The molecule has 1 atom stereocenters. The first-order valence-corrected chi connectivity index (χ1v) is 10.9. The number of aromatic nitrogens is 2. The third-order valence-corrected chi connectivity index (χ3v) is 5.79. The number of carbonyl (C=O) groups is 2. The average molecular weight is 457 g/mol. The summed E-state index contributed by atoms with van der Waals surface area (Å²) < 4.78 is 0. The van der Waals surface area contributed by atoms with E-state index in [1.807, 2.05) is 25.1 Å². The van der Waals surface area contributed by atoms with Crippen LogP contribution < -0.4 is 5.32 Å². The maximum atomic E-state index is 12.9. The van der Waals surface area contributed by atoms with Crippen LogP contribution in [-0.2, 0) is 0 Å². The predicted octanol–water partition coefficient (Wildman–Crippen LogP) is 5.15. The maximum Gasteiger partial charge on any atom is 0.255 e. The number of carbonyl (C=O) groups excluding carboxylic acids is 2. The van der Waals surface area contributed by atoms with Crippen molar-refractivity contribution in [2.24, 2.45) is 0 Å². The molecular weight excluding hydrogens is 435 g/mol. The van der Waals surface area contributed by atoms with Crippen LogP contribution in [0.3, 0.4) is 0 Å². The van der Waals surface area contributed by atoms with Crippen molar-refractivity contribution in [1.82, 2.24) is 20.2 Å². The highest BCUT2D eigenvalue weighted by Gasteiger charge is 2.22. The molecule has 0 aliphatic carbocycles. The second-order valence-electron chi connectivity index (χ2n) is 7.47. The lowest BCUT2D eigenvalue weighted by Gasteiger charge is -2.18. The zero-order valence-electron chi connectivity index (χ0n) is 17.0. The molecule has 0 saturated heterocycles. The Labute approximate surface area is 190 Å². The molecule has 0 radical (unpaired) electrons. The van der Waals surface area contributed by atoms with E-state index in [2.05, 4.69) is 15.3 Å². The lowest BCUT2D eigenvalue weighted by molar-refractivity contribution is 0.0799. The molecule has 0 unspecified atom stereocenters. The predicted molar refractivity (Wildman–Crippen MR) is 123 cm³/mol. The SMILES string of the molecule is CCC[C@H](NC(=O)c1ccc(C(=O)N2CC=CC2)c(Cl)c1)c1nc2cc(Cl)ccc2[nH]1. The first-order chi connectivity index (χ1) is 15.0. The van der Waals surface area contributed by atoms with Gasteiger partial charge in [-0.05, 0) is 42.8 Å². The highest BCUT2D eigenvalue weighted by atomic mass is 35.5. The van der Waals surface area contributed by atoms with Crippen LogP contribution in [0.15, 0.2) is 48.6 Å². The molecule has 160 valence electrons. The number of H-pyrrole nitrogens is 1. The summed E-state index contributed by atoms with van der Waals surface area (Å²) >= 11 is 12.4. The molecule has 3 aromatic rings. The Kier molecular flexibility index (Phi) is 6.30. The van der Waals surface area contributed by atoms with Gasteiger partial charge >= 0.3 is 0 Å². The van der Waals surface area contributed by atoms with Crippen molar-refractivity contribution in [3.8, 4) is 0 Å². The molecule has 4 rings (SSSR count). The van der Waals surface area contributed by atoms with E-state index in [1.54, 1.807) is 29.2 Å². The Morgan fingerprint density at radius 3 is 2.65 bits per heavy atom. The Morgan fingerprint density at radius 1 is 1.16 bits per heavy atom. The van der Waals surface area contributed by atoms with Gasteiger partial charge in [0.25, 0.3) is 11.8 Å². The van der Waals surface area contributed by atoms with E-state index in [1.165, 1.54) is 6.07 Å².